The molecule has 1 amide bonds. The van der Waals surface area contributed by atoms with E-state index in [1.54, 1.807) is 10.3 Å². The zero-order chi connectivity index (χ0) is 15.7. The van der Waals surface area contributed by atoms with E-state index in [1.807, 2.05) is 20.8 Å². The molecule has 6 nitrogen and oxygen atoms in total. The summed E-state index contributed by atoms with van der Waals surface area (Å²) in [4.78, 5) is 17.4. The summed E-state index contributed by atoms with van der Waals surface area (Å²) < 4.78 is 29.8. The highest BCUT2D eigenvalue weighted by Crippen LogP contribution is 2.24. The molecule has 0 N–H and O–H groups in total. The fourth-order valence-corrected chi connectivity index (χ4v) is 4.78. The molecule has 1 atom stereocenters. The van der Waals surface area contributed by atoms with Gasteiger partial charge < -0.3 is 9.64 Å². The van der Waals surface area contributed by atoms with E-state index in [0.717, 1.165) is 11.3 Å². The van der Waals surface area contributed by atoms with Gasteiger partial charge in [0.05, 0.1) is 5.75 Å². The number of ether oxygens (including phenoxy) is 1. The van der Waals surface area contributed by atoms with Gasteiger partial charge in [0.2, 0.25) is 14.2 Å². The Morgan fingerprint density at radius 1 is 1.52 bits per heavy atom. The van der Waals surface area contributed by atoms with E-state index in [2.05, 4.69) is 4.98 Å². The van der Waals surface area contributed by atoms with Crippen molar-refractivity contribution in [3.63, 3.8) is 0 Å². The normalized spacial score (nSPS) is 19.8. The topological polar surface area (TPSA) is 76.6 Å². The van der Waals surface area contributed by atoms with E-state index < -0.39 is 15.4 Å². The third kappa shape index (κ3) is 4.41. The van der Waals surface area contributed by atoms with E-state index in [9.17, 15) is 13.2 Å². The van der Waals surface area contributed by atoms with Crippen LogP contribution in [0.4, 0.5) is 4.79 Å². The van der Waals surface area contributed by atoms with E-state index >= 15 is 0 Å². The van der Waals surface area contributed by atoms with Crippen LogP contribution in [-0.2, 0) is 14.6 Å². The molecule has 1 aromatic rings. The van der Waals surface area contributed by atoms with Crippen LogP contribution in [0.2, 0.25) is 0 Å². The van der Waals surface area contributed by atoms with Crippen LogP contribution in [0.5, 0.6) is 0 Å². The van der Waals surface area contributed by atoms with Gasteiger partial charge in [-0.05, 0) is 33.1 Å². The summed E-state index contributed by atoms with van der Waals surface area (Å²) in [6.45, 7) is 6.38. The Hall–Kier alpha value is -1.15. The van der Waals surface area contributed by atoms with E-state index in [1.165, 1.54) is 6.20 Å². The molecule has 2 heterocycles. The van der Waals surface area contributed by atoms with Crippen molar-refractivity contribution in [3.8, 4) is 0 Å². The summed E-state index contributed by atoms with van der Waals surface area (Å²) in [6.07, 6.45) is 1.78. The highest BCUT2D eigenvalue weighted by atomic mass is 32.2. The molecule has 0 aliphatic carbocycles. The molecule has 0 unspecified atom stereocenters. The van der Waals surface area contributed by atoms with Crippen LogP contribution >= 0.6 is 11.3 Å². The predicted molar refractivity (Wildman–Crippen MR) is 80.1 cm³/mol. The molecular weight excluding hydrogens is 312 g/mol. The average molecular weight is 332 g/mol. The van der Waals surface area contributed by atoms with Crippen molar-refractivity contribution in [1.29, 1.82) is 0 Å². The molecule has 0 bridgehead atoms. The average Bonchev–Trinajstić information content (AvgIpc) is 2.95. The molecule has 118 valence electrons. The zero-order valence-electron chi connectivity index (χ0n) is 12.4. The van der Waals surface area contributed by atoms with Crippen LogP contribution in [0.3, 0.4) is 0 Å². The first-order valence-corrected chi connectivity index (χ1v) is 9.31. The second-order valence-corrected chi connectivity index (χ2v) is 9.26. The first-order chi connectivity index (χ1) is 9.67. The van der Waals surface area contributed by atoms with Gasteiger partial charge in [-0.3, -0.25) is 0 Å². The van der Waals surface area contributed by atoms with Gasteiger partial charge in [-0.15, -0.1) is 11.3 Å². The van der Waals surface area contributed by atoms with Gasteiger partial charge in [-0.1, -0.05) is 0 Å². The lowest BCUT2D eigenvalue weighted by Crippen LogP contribution is -2.35. The Labute approximate surface area is 129 Å². The Bertz CT molecular complexity index is 590. The van der Waals surface area contributed by atoms with Crippen LogP contribution in [-0.4, -0.2) is 48.8 Å². The van der Waals surface area contributed by atoms with Crippen molar-refractivity contribution < 1.29 is 17.9 Å². The summed E-state index contributed by atoms with van der Waals surface area (Å²) >= 11 is 1.12. The Morgan fingerprint density at radius 3 is 2.81 bits per heavy atom. The largest absolute Gasteiger partial charge is 0.444 e. The zero-order valence-corrected chi connectivity index (χ0v) is 14.0. The lowest BCUT2D eigenvalue weighted by molar-refractivity contribution is 0.0289. The quantitative estimate of drug-likeness (QED) is 0.848. The Balaban J connectivity index is 1.93. The molecule has 8 heteroatoms. The number of hydrogen-bond donors (Lipinski definition) is 0. The van der Waals surface area contributed by atoms with Crippen molar-refractivity contribution >= 4 is 27.3 Å². The Kier molecular flexibility index (Phi) is 4.57. The number of amides is 1. The molecule has 2 rings (SSSR count). The second kappa shape index (κ2) is 5.92. The van der Waals surface area contributed by atoms with Gasteiger partial charge in [-0.2, -0.15) is 0 Å². The van der Waals surface area contributed by atoms with Gasteiger partial charge in [0, 0.05) is 24.7 Å². The summed E-state index contributed by atoms with van der Waals surface area (Å²) in [6, 6.07) is 0. The second-order valence-electron chi connectivity index (χ2n) is 6.16. The van der Waals surface area contributed by atoms with Crippen LogP contribution in [0.1, 0.15) is 27.2 Å². The van der Waals surface area contributed by atoms with Gasteiger partial charge in [0.1, 0.15) is 5.60 Å². The minimum atomic E-state index is -3.36. The standard InChI is InChI=1S/C13H20N2O4S2/c1-13(2,3)19-12(16)15-6-4-10(8-15)9-21(17,18)11-14-5-7-20-11/h5,7,10H,4,6,8-9H2,1-3H3/t10-/m0/s1. The molecule has 0 spiro atoms. The van der Waals surface area contributed by atoms with Crippen LogP contribution < -0.4 is 0 Å². The van der Waals surface area contributed by atoms with Gasteiger partial charge in [0.25, 0.3) is 0 Å². The highest BCUT2D eigenvalue weighted by molar-refractivity contribution is 7.93. The molecule has 0 radical (unpaired) electrons. The van der Waals surface area contributed by atoms with Crippen LogP contribution in [0.15, 0.2) is 15.9 Å². The fraction of sp³-hybridized carbons (Fsp3) is 0.692. The van der Waals surface area contributed by atoms with Gasteiger partial charge in [0.15, 0.2) is 0 Å². The maximum absolute atomic E-state index is 12.2. The first-order valence-electron chi connectivity index (χ1n) is 6.77. The van der Waals surface area contributed by atoms with Crippen molar-refractivity contribution in [2.75, 3.05) is 18.8 Å². The minimum Gasteiger partial charge on any atom is -0.444 e. The van der Waals surface area contributed by atoms with Crippen LogP contribution in [0.25, 0.3) is 0 Å². The van der Waals surface area contributed by atoms with Gasteiger partial charge in [-0.25, -0.2) is 18.2 Å². The fourth-order valence-electron chi connectivity index (χ4n) is 2.21. The number of aromatic nitrogens is 1. The molecule has 1 saturated heterocycles. The van der Waals surface area contributed by atoms with E-state index in [0.29, 0.717) is 19.5 Å². The summed E-state index contributed by atoms with van der Waals surface area (Å²) in [5.41, 5.74) is -0.540. The van der Waals surface area contributed by atoms with Crippen LogP contribution in [0, 0.1) is 5.92 Å². The minimum absolute atomic E-state index is 0.0276. The summed E-state index contributed by atoms with van der Waals surface area (Å²) in [5, 5.41) is 1.65. The third-order valence-electron chi connectivity index (χ3n) is 3.07. The van der Waals surface area contributed by atoms with Crippen molar-refractivity contribution in [2.24, 2.45) is 5.92 Å². The van der Waals surface area contributed by atoms with E-state index in [-0.39, 0.29) is 22.1 Å². The van der Waals surface area contributed by atoms with Crippen molar-refractivity contribution in [2.45, 2.75) is 37.1 Å². The maximum atomic E-state index is 12.2. The third-order valence-corrected chi connectivity index (χ3v) is 6.23. The molecule has 1 aliphatic rings. The number of carbonyl (C=O) groups excluding carboxylic acids is 1. The summed E-state index contributed by atoms with van der Waals surface area (Å²) in [7, 11) is -3.36. The number of carbonyl (C=O) groups is 1. The van der Waals surface area contributed by atoms with Crippen molar-refractivity contribution in [3.05, 3.63) is 11.6 Å². The highest BCUT2D eigenvalue weighted by Gasteiger charge is 2.33. The number of likely N-dealkylation sites (tertiary alicyclic amines) is 1. The smallest absolute Gasteiger partial charge is 0.410 e. The lowest BCUT2D eigenvalue weighted by Gasteiger charge is -2.24. The number of rotatable bonds is 3. The molecular formula is C13H20N2O4S2. The molecule has 1 fully saturated rings. The number of hydrogen-bond acceptors (Lipinski definition) is 6. The molecule has 1 aromatic heterocycles. The maximum Gasteiger partial charge on any atom is 0.410 e. The number of nitrogens with zero attached hydrogens (tertiary/aromatic N) is 2. The predicted octanol–water partition coefficient (Wildman–Crippen LogP) is 2.17. The molecule has 0 aromatic carbocycles. The van der Waals surface area contributed by atoms with Crippen molar-refractivity contribution in [1.82, 2.24) is 9.88 Å². The SMILES string of the molecule is CC(C)(C)OC(=O)N1CC[C@H](CS(=O)(=O)c2nccs2)C1. The van der Waals surface area contributed by atoms with Gasteiger partial charge >= 0.3 is 6.09 Å². The summed E-state index contributed by atoms with van der Waals surface area (Å²) in [5.74, 6) is -0.0359. The Morgan fingerprint density at radius 2 is 2.24 bits per heavy atom. The monoisotopic (exact) mass is 332 g/mol. The lowest BCUT2D eigenvalue weighted by atomic mass is 10.2. The number of sulfone groups is 1. The molecule has 0 saturated carbocycles. The number of thiazole rings is 1. The molecule has 21 heavy (non-hydrogen) atoms. The van der Waals surface area contributed by atoms with E-state index in [4.69, 9.17) is 4.74 Å². The first kappa shape index (κ1) is 16.2. The molecule has 1 aliphatic heterocycles.